The van der Waals surface area contributed by atoms with Crippen molar-refractivity contribution in [3.63, 3.8) is 0 Å². The molecule has 0 aromatic rings. The van der Waals surface area contributed by atoms with Crippen molar-refractivity contribution in [2.45, 2.75) is 42.0 Å². The Balaban J connectivity index is -0.0000000450. The summed E-state index contributed by atoms with van der Waals surface area (Å²) in [5.41, 5.74) is 1.17. The van der Waals surface area contributed by atoms with Crippen molar-refractivity contribution in [1.82, 2.24) is 4.90 Å². The van der Waals surface area contributed by atoms with Gasteiger partial charge < -0.3 is 4.90 Å². The van der Waals surface area contributed by atoms with Gasteiger partial charge in [0.2, 0.25) is 0 Å². The summed E-state index contributed by atoms with van der Waals surface area (Å²) < 4.78 is 0. The lowest BCUT2D eigenvalue weighted by molar-refractivity contribution is 0.505. The first-order valence-corrected chi connectivity index (χ1v) is 4.43. The molecule has 0 heterocycles. The molecule has 0 amide bonds. The molecule has 0 fully saturated rings. The van der Waals surface area contributed by atoms with Crippen molar-refractivity contribution >= 4 is 0 Å². The second kappa shape index (κ2) is 17.7. The van der Waals surface area contributed by atoms with E-state index in [1.54, 1.807) is 0 Å². The fourth-order valence-electron chi connectivity index (χ4n) is 0. The molecule has 0 radical (unpaired) electrons. The molecular weight excluding hydrogens is 158 g/mol. The van der Waals surface area contributed by atoms with E-state index in [0.717, 1.165) is 5.92 Å². The van der Waals surface area contributed by atoms with Crippen LogP contribution >= 0.6 is 0 Å². The van der Waals surface area contributed by atoms with Crippen LogP contribution in [0.15, 0.2) is 12.2 Å². The molecule has 0 saturated carbocycles. The number of allylic oxidation sites excluding steroid dienone is 1. The highest BCUT2D eigenvalue weighted by molar-refractivity contribution is 4.78. The van der Waals surface area contributed by atoms with E-state index in [4.69, 9.17) is 0 Å². The SMILES string of the molecule is C.C=C(C)C.CC(C)C.CN(C)C. The fraction of sp³-hybridized carbons (Fsp3) is 0.833. The van der Waals surface area contributed by atoms with Gasteiger partial charge >= 0.3 is 0 Å². The minimum atomic E-state index is 0. The third kappa shape index (κ3) is 12200. The van der Waals surface area contributed by atoms with E-state index in [0.29, 0.717) is 0 Å². The van der Waals surface area contributed by atoms with E-state index in [-0.39, 0.29) is 7.43 Å². The molecule has 0 rings (SSSR count). The molecule has 0 aromatic carbocycles. The molecule has 0 N–H and O–H groups in total. The van der Waals surface area contributed by atoms with Gasteiger partial charge in [-0.15, -0.1) is 6.58 Å². The van der Waals surface area contributed by atoms with Crippen molar-refractivity contribution in [3.05, 3.63) is 12.2 Å². The Hall–Kier alpha value is -0.300. The molecule has 1 heteroatoms. The molecule has 13 heavy (non-hydrogen) atoms. The molecule has 0 unspecified atom stereocenters. The maximum Gasteiger partial charge on any atom is -0.0140 e. The highest BCUT2D eigenvalue weighted by Crippen LogP contribution is 1.81. The van der Waals surface area contributed by atoms with Crippen molar-refractivity contribution in [1.29, 1.82) is 0 Å². The predicted molar refractivity (Wildman–Crippen MR) is 67.3 cm³/mol. The standard InChI is InChI=1S/C4H10.C4H8.C3H9N.CH4/c3*1-4(2)3;/h4H,1-3H3;1H2,2-3H3;1-3H3;1H4. The van der Waals surface area contributed by atoms with Crippen molar-refractivity contribution in [2.24, 2.45) is 5.92 Å². The Morgan fingerprint density at radius 2 is 1.00 bits per heavy atom. The lowest BCUT2D eigenvalue weighted by atomic mass is 10.3. The average Bonchev–Trinajstić information content (AvgIpc) is 1.54. The number of rotatable bonds is 0. The predicted octanol–water partition coefficient (Wildman–Crippen LogP) is 4.06. The topological polar surface area (TPSA) is 3.24 Å². The van der Waals surface area contributed by atoms with Crippen LogP contribution < -0.4 is 0 Å². The molecule has 84 valence electrons. The van der Waals surface area contributed by atoms with Crippen LogP contribution in [0.4, 0.5) is 0 Å². The summed E-state index contributed by atoms with van der Waals surface area (Å²) in [7, 11) is 6.00. The zero-order valence-corrected chi connectivity index (χ0v) is 10.2. The van der Waals surface area contributed by atoms with Crippen LogP contribution in [0, 0.1) is 5.92 Å². The molecule has 0 aliphatic heterocycles. The largest absolute Gasteiger partial charge is 0.312 e. The van der Waals surface area contributed by atoms with Gasteiger partial charge in [-0.3, -0.25) is 0 Å². The Bertz CT molecular complexity index is 67.6. The van der Waals surface area contributed by atoms with Crippen molar-refractivity contribution in [3.8, 4) is 0 Å². The van der Waals surface area contributed by atoms with Crippen LogP contribution in [0.1, 0.15) is 42.0 Å². The quantitative estimate of drug-likeness (QED) is 0.519. The molecule has 0 aromatic heterocycles. The first-order chi connectivity index (χ1) is 5.20. The van der Waals surface area contributed by atoms with Crippen LogP contribution in [0.5, 0.6) is 0 Å². The Labute approximate surface area is 86.8 Å². The Morgan fingerprint density at radius 3 is 1.00 bits per heavy atom. The van der Waals surface area contributed by atoms with Gasteiger partial charge in [0.15, 0.2) is 0 Å². The number of nitrogens with zero attached hydrogens (tertiary/aromatic N) is 1. The van der Waals surface area contributed by atoms with Gasteiger partial charge in [0, 0.05) is 0 Å². The fourth-order valence-corrected chi connectivity index (χ4v) is 0. The van der Waals surface area contributed by atoms with Gasteiger partial charge in [-0.1, -0.05) is 33.8 Å². The highest BCUT2D eigenvalue weighted by atomic mass is 15.0. The smallest absolute Gasteiger partial charge is 0.0140 e. The molecule has 0 aliphatic rings. The maximum absolute atomic E-state index is 3.56. The zero-order valence-electron chi connectivity index (χ0n) is 10.2. The number of hydrogen-bond donors (Lipinski definition) is 0. The molecule has 0 bridgehead atoms. The minimum Gasteiger partial charge on any atom is -0.312 e. The summed E-state index contributed by atoms with van der Waals surface area (Å²) in [6.45, 7) is 14.0. The van der Waals surface area contributed by atoms with Crippen LogP contribution in [-0.4, -0.2) is 26.0 Å². The second-order valence-electron chi connectivity index (χ2n) is 4.28. The monoisotopic (exact) mass is 189 g/mol. The molecular formula is C12H31N. The average molecular weight is 189 g/mol. The van der Waals surface area contributed by atoms with E-state index in [1.807, 2.05) is 39.9 Å². The molecule has 0 atom stereocenters. The first kappa shape index (κ1) is 23.0. The molecule has 0 spiro atoms. The number of hydrogen-bond acceptors (Lipinski definition) is 1. The van der Waals surface area contributed by atoms with Gasteiger partial charge in [-0.2, -0.15) is 0 Å². The molecule has 0 aliphatic carbocycles. The molecule has 0 saturated heterocycles. The van der Waals surface area contributed by atoms with Gasteiger partial charge in [0.25, 0.3) is 0 Å². The van der Waals surface area contributed by atoms with E-state index < -0.39 is 0 Å². The Morgan fingerprint density at radius 1 is 1.00 bits per heavy atom. The third-order valence-corrected chi connectivity index (χ3v) is 0. The Kier molecular flexibility index (Phi) is 31.3. The van der Waals surface area contributed by atoms with Crippen molar-refractivity contribution in [2.75, 3.05) is 21.1 Å². The first-order valence-electron chi connectivity index (χ1n) is 4.43. The minimum absolute atomic E-state index is 0. The lowest BCUT2D eigenvalue weighted by Gasteiger charge is -1.90. The van der Waals surface area contributed by atoms with Gasteiger partial charge in [0.1, 0.15) is 0 Å². The van der Waals surface area contributed by atoms with E-state index in [2.05, 4.69) is 27.4 Å². The highest BCUT2D eigenvalue weighted by Gasteiger charge is 1.68. The summed E-state index contributed by atoms with van der Waals surface area (Å²) in [5, 5.41) is 0. The summed E-state index contributed by atoms with van der Waals surface area (Å²) >= 11 is 0. The van der Waals surface area contributed by atoms with Gasteiger partial charge in [0.05, 0.1) is 0 Å². The van der Waals surface area contributed by atoms with E-state index in [9.17, 15) is 0 Å². The summed E-state index contributed by atoms with van der Waals surface area (Å²) in [5.74, 6) is 0.833. The lowest BCUT2D eigenvalue weighted by Crippen LogP contribution is -1.99. The van der Waals surface area contributed by atoms with Crippen LogP contribution in [0.2, 0.25) is 0 Å². The van der Waals surface area contributed by atoms with Crippen LogP contribution in [0.3, 0.4) is 0 Å². The van der Waals surface area contributed by atoms with Crippen LogP contribution in [0.25, 0.3) is 0 Å². The third-order valence-electron chi connectivity index (χ3n) is 0. The summed E-state index contributed by atoms with van der Waals surface area (Å²) in [4.78, 5) is 2.00. The van der Waals surface area contributed by atoms with Gasteiger partial charge in [-0.05, 0) is 40.9 Å². The summed E-state index contributed by atoms with van der Waals surface area (Å²) in [6.07, 6.45) is 0. The zero-order chi connectivity index (χ0) is 10.7. The summed E-state index contributed by atoms with van der Waals surface area (Å²) in [6, 6.07) is 0. The second-order valence-corrected chi connectivity index (χ2v) is 4.28. The normalized spacial score (nSPS) is 7.54. The van der Waals surface area contributed by atoms with E-state index >= 15 is 0 Å². The molecule has 1 nitrogen and oxygen atoms in total. The van der Waals surface area contributed by atoms with Crippen LogP contribution in [-0.2, 0) is 0 Å². The van der Waals surface area contributed by atoms with Gasteiger partial charge in [-0.25, -0.2) is 0 Å². The maximum atomic E-state index is 3.56. The van der Waals surface area contributed by atoms with Crippen molar-refractivity contribution < 1.29 is 0 Å². The van der Waals surface area contributed by atoms with E-state index in [1.165, 1.54) is 5.57 Å².